The van der Waals surface area contributed by atoms with Crippen LogP contribution in [-0.2, 0) is 11.3 Å². The third kappa shape index (κ3) is 4.82. The van der Waals surface area contributed by atoms with Gasteiger partial charge in [0.1, 0.15) is 0 Å². The first-order chi connectivity index (χ1) is 10.5. The first-order valence-corrected chi connectivity index (χ1v) is 8.18. The molecule has 1 aromatic carbocycles. The minimum atomic E-state index is -0.0622. The molecule has 0 bridgehead atoms. The lowest BCUT2D eigenvalue weighted by Crippen LogP contribution is -2.45. The van der Waals surface area contributed by atoms with Crippen molar-refractivity contribution in [2.75, 3.05) is 19.7 Å². The Morgan fingerprint density at radius 1 is 1.36 bits per heavy atom. The number of benzene rings is 1. The van der Waals surface area contributed by atoms with Gasteiger partial charge >= 0.3 is 0 Å². The van der Waals surface area contributed by atoms with Gasteiger partial charge in [0.15, 0.2) is 0 Å². The van der Waals surface area contributed by atoms with Crippen LogP contribution in [0.25, 0.3) is 0 Å². The summed E-state index contributed by atoms with van der Waals surface area (Å²) in [5.41, 5.74) is 1.19. The molecule has 1 atom stereocenters. The van der Waals surface area contributed by atoms with Crippen LogP contribution in [0.1, 0.15) is 38.7 Å². The van der Waals surface area contributed by atoms with E-state index >= 15 is 0 Å². The van der Waals surface area contributed by atoms with Gasteiger partial charge in [-0.05, 0) is 36.8 Å². The molecule has 2 rings (SSSR count). The molecule has 0 spiro atoms. The van der Waals surface area contributed by atoms with Crippen molar-refractivity contribution in [1.29, 1.82) is 0 Å². The highest BCUT2D eigenvalue weighted by atomic mass is 16.3. The van der Waals surface area contributed by atoms with Gasteiger partial charge in [-0.25, -0.2) is 0 Å². The van der Waals surface area contributed by atoms with Crippen LogP contribution in [-0.4, -0.2) is 41.7 Å². The van der Waals surface area contributed by atoms with E-state index in [1.807, 2.05) is 18.2 Å². The summed E-state index contributed by atoms with van der Waals surface area (Å²) in [6.45, 7) is 6.72. The minimum Gasteiger partial charge on any atom is -0.396 e. The first-order valence-electron chi connectivity index (χ1n) is 8.18. The highest BCUT2D eigenvalue weighted by molar-refractivity contribution is 5.82. The van der Waals surface area contributed by atoms with E-state index in [1.54, 1.807) is 0 Å². The number of rotatable bonds is 7. The number of carbonyl (C=O) groups excluding carboxylic acids is 1. The van der Waals surface area contributed by atoms with Crippen LogP contribution >= 0.6 is 0 Å². The SMILES string of the molecule is CC(C)(CCO)CNC(=O)C1CCCN1Cc1ccccc1. The van der Waals surface area contributed by atoms with Gasteiger partial charge in [0.25, 0.3) is 0 Å². The Bertz CT molecular complexity index is 473. The predicted octanol–water partition coefficient (Wildman–Crippen LogP) is 2.18. The third-order valence-corrected chi connectivity index (χ3v) is 4.42. The van der Waals surface area contributed by atoms with Crippen molar-refractivity contribution in [3.8, 4) is 0 Å². The second-order valence-corrected chi connectivity index (χ2v) is 6.97. The van der Waals surface area contributed by atoms with Gasteiger partial charge in [-0.15, -0.1) is 0 Å². The molecule has 1 aromatic rings. The molecule has 1 fully saturated rings. The highest BCUT2D eigenvalue weighted by Crippen LogP contribution is 2.22. The lowest BCUT2D eigenvalue weighted by molar-refractivity contribution is -0.126. The fraction of sp³-hybridized carbons (Fsp3) is 0.611. The molecule has 0 aliphatic carbocycles. The molecule has 2 N–H and O–H groups in total. The fourth-order valence-electron chi connectivity index (χ4n) is 2.97. The van der Waals surface area contributed by atoms with Gasteiger partial charge in [-0.2, -0.15) is 0 Å². The van der Waals surface area contributed by atoms with Crippen molar-refractivity contribution in [2.45, 2.75) is 45.7 Å². The zero-order chi connectivity index (χ0) is 16.0. The van der Waals surface area contributed by atoms with Crippen molar-refractivity contribution in [3.05, 3.63) is 35.9 Å². The van der Waals surface area contributed by atoms with E-state index in [0.29, 0.717) is 13.0 Å². The number of nitrogens with zero attached hydrogens (tertiary/aromatic N) is 1. The van der Waals surface area contributed by atoms with Crippen molar-refractivity contribution < 1.29 is 9.90 Å². The summed E-state index contributed by atoms with van der Waals surface area (Å²) in [5, 5.41) is 12.1. The summed E-state index contributed by atoms with van der Waals surface area (Å²) in [4.78, 5) is 14.7. The summed E-state index contributed by atoms with van der Waals surface area (Å²) in [7, 11) is 0. The molecule has 1 amide bonds. The molecular formula is C18H28N2O2. The molecule has 0 saturated carbocycles. The lowest BCUT2D eigenvalue weighted by Gasteiger charge is -2.27. The molecular weight excluding hydrogens is 276 g/mol. The van der Waals surface area contributed by atoms with E-state index in [2.05, 4.69) is 36.2 Å². The maximum Gasteiger partial charge on any atom is 0.237 e. The number of hydrogen-bond donors (Lipinski definition) is 2. The van der Waals surface area contributed by atoms with E-state index in [-0.39, 0.29) is 24.0 Å². The monoisotopic (exact) mass is 304 g/mol. The standard InChI is InChI=1S/C18H28N2O2/c1-18(2,10-12-21)14-19-17(22)16-9-6-11-20(16)13-15-7-4-3-5-8-15/h3-5,7-8,16,21H,6,9-14H2,1-2H3,(H,19,22). The van der Waals surface area contributed by atoms with Crippen LogP contribution in [0.15, 0.2) is 30.3 Å². The van der Waals surface area contributed by atoms with Gasteiger partial charge in [-0.3, -0.25) is 9.69 Å². The molecule has 1 heterocycles. The fourth-order valence-corrected chi connectivity index (χ4v) is 2.97. The van der Waals surface area contributed by atoms with E-state index in [4.69, 9.17) is 5.11 Å². The number of aliphatic hydroxyl groups excluding tert-OH is 1. The van der Waals surface area contributed by atoms with Crippen LogP contribution in [0.4, 0.5) is 0 Å². The summed E-state index contributed by atoms with van der Waals surface area (Å²) < 4.78 is 0. The van der Waals surface area contributed by atoms with Gasteiger partial charge in [0.2, 0.25) is 5.91 Å². The first kappa shape index (κ1) is 17.0. The largest absolute Gasteiger partial charge is 0.396 e. The van der Waals surface area contributed by atoms with Crippen molar-refractivity contribution in [3.63, 3.8) is 0 Å². The van der Waals surface area contributed by atoms with E-state index in [1.165, 1.54) is 5.56 Å². The summed E-state index contributed by atoms with van der Waals surface area (Å²) in [6, 6.07) is 10.3. The van der Waals surface area contributed by atoms with Crippen LogP contribution < -0.4 is 5.32 Å². The second-order valence-electron chi connectivity index (χ2n) is 6.97. The average Bonchev–Trinajstić information content (AvgIpc) is 2.94. The molecule has 0 radical (unpaired) electrons. The molecule has 1 saturated heterocycles. The molecule has 0 aromatic heterocycles. The molecule has 122 valence electrons. The number of aliphatic hydroxyl groups is 1. The topological polar surface area (TPSA) is 52.6 Å². The molecule has 1 aliphatic rings. The Hall–Kier alpha value is -1.39. The Labute approximate surface area is 133 Å². The summed E-state index contributed by atoms with van der Waals surface area (Å²) in [6.07, 6.45) is 2.70. The quantitative estimate of drug-likeness (QED) is 0.812. The zero-order valence-electron chi connectivity index (χ0n) is 13.7. The normalized spacial score (nSPS) is 19.3. The maximum absolute atomic E-state index is 12.5. The lowest BCUT2D eigenvalue weighted by atomic mass is 9.89. The number of amides is 1. The molecule has 22 heavy (non-hydrogen) atoms. The molecule has 1 unspecified atom stereocenters. The van der Waals surface area contributed by atoms with Gasteiger partial charge in [0.05, 0.1) is 6.04 Å². The van der Waals surface area contributed by atoms with E-state index in [0.717, 1.165) is 25.9 Å². The van der Waals surface area contributed by atoms with E-state index < -0.39 is 0 Å². The van der Waals surface area contributed by atoms with Gasteiger partial charge < -0.3 is 10.4 Å². The Kier molecular flexibility index (Phi) is 5.98. The number of likely N-dealkylation sites (tertiary alicyclic amines) is 1. The third-order valence-electron chi connectivity index (χ3n) is 4.42. The van der Waals surface area contributed by atoms with Crippen LogP contribution in [0, 0.1) is 5.41 Å². The number of nitrogens with one attached hydrogen (secondary N) is 1. The van der Waals surface area contributed by atoms with Crippen molar-refractivity contribution in [2.24, 2.45) is 5.41 Å². The maximum atomic E-state index is 12.5. The zero-order valence-corrected chi connectivity index (χ0v) is 13.7. The van der Waals surface area contributed by atoms with E-state index in [9.17, 15) is 4.79 Å². The predicted molar refractivity (Wildman–Crippen MR) is 88.4 cm³/mol. The molecule has 4 heteroatoms. The van der Waals surface area contributed by atoms with Gasteiger partial charge in [-0.1, -0.05) is 44.2 Å². The van der Waals surface area contributed by atoms with Crippen LogP contribution in [0.2, 0.25) is 0 Å². The number of hydrogen-bond acceptors (Lipinski definition) is 3. The summed E-state index contributed by atoms with van der Waals surface area (Å²) in [5.74, 6) is 0.124. The van der Waals surface area contributed by atoms with Crippen LogP contribution in [0.5, 0.6) is 0 Å². The molecule has 4 nitrogen and oxygen atoms in total. The van der Waals surface area contributed by atoms with Crippen molar-refractivity contribution in [1.82, 2.24) is 10.2 Å². The average molecular weight is 304 g/mol. The second kappa shape index (κ2) is 7.75. The van der Waals surface area contributed by atoms with Crippen molar-refractivity contribution >= 4 is 5.91 Å². The summed E-state index contributed by atoms with van der Waals surface area (Å²) >= 11 is 0. The Morgan fingerprint density at radius 3 is 2.77 bits per heavy atom. The molecule has 1 aliphatic heterocycles. The highest BCUT2D eigenvalue weighted by Gasteiger charge is 2.31. The minimum absolute atomic E-state index is 0.0230. The smallest absolute Gasteiger partial charge is 0.237 e. The Balaban J connectivity index is 1.88. The van der Waals surface area contributed by atoms with Gasteiger partial charge in [0, 0.05) is 19.7 Å². The van der Waals surface area contributed by atoms with Crippen LogP contribution in [0.3, 0.4) is 0 Å². The Morgan fingerprint density at radius 2 is 2.09 bits per heavy atom. The number of carbonyl (C=O) groups is 1.